The first-order chi connectivity index (χ1) is 8.97. The smallest absolute Gasteiger partial charge is 0.360 e. The highest BCUT2D eigenvalue weighted by molar-refractivity contribution is 5.92. The number of carbonyl (C=O) groups is 1. The Morgan fingerprint density at radius 1 is 1.53 bits per heavy atom. The highest BCUT2D eigenvalue weighted by Crippen LogP contribution is 2.15. The van der Waals surface area contributed by atoms with E-state index in [0.717, 1.165) is 5.57 Å². The molecule has 0 unspecified atom stereocenters. The van der Waals surface area contributed by atoms with Crippen molar-refractivity contribution in [2.45, 2.75) is 27.3 Å². The third kappa shape index (κ3) is 4.10. The highest BCUT2D eigenvalue weighted by atomic mass is 16.5. The molecule has 19 heavy (non-hydrogen) atoms. The van der Waals surface area contributed by atoms with Crippen LogP contribution in [0.1, 0.15) is 30.2 Å². The largest absolute Gasteiger partial charge is 0.461 e. The van der Waals surface area contributed by atoms with E-state index in [9.17, 15) is 4.79 Å². The van der Waals surface area contributed by atoms with Crippen molar-refractivity contribution >= 4 is 11.8 Å². The highest BCUT2D eigenvalue weighted by Gasteiger charge is 2.19. The number of hydrogen-bond acceptors (Lipinski definition) is 5. The van der Waals surface area contributed by atoms with E-state index in [1.807, 2.05) is 6.92 Å². The summed E-state index contributed by atoms with van der Waals surface area (Å²) in [6.07, 6.45) is 0. The number of carbonyl (C=O) groups excluding carboxylic acids is 1. The molecular weight excluding hydrogens is 246 g/mol. The van der Waals surface area contributed by atoms with E-state index in [0.29, 0.717) is 38.0 Å². The van der Waals surface area contributed by atoms with Gasteiger partial charge in [-0.2, -0.15) is 0 Å². The Labute approximate surface area is 113 Å². The van der Waals surface area contributed by atoms with Crippen LogP contribution in [0.3, 0.4) is 0 Å². The maximum absolute atomic E-state index is 11.6. The van der Waals surface area contributed by atoms with E-state index in [1.54, 1.807) is 18.4 Å². The van der Waals surface area contributed by atoms with Crippen LogP contribution in [0.25, 0.3) is 0 Å². The normalized spacial score (nSPS) is 10.5. The van der Waals surface area contributed by atoms with Crippen LogP contribution in [0.2, 0.25) is 0 Å². The molecule has 1 rings (SSSR count). The van der Waals surface area contributed by atoms with Crippen LogP contribution in [-0.4, -0.2) is 35.3 Å². The Morgan fingerprint density at radius 2 is 2.21 bits per heavy atom. The van der Waals surface area contributed by atoms with Gasteiger partial charge in [-0.15, -0.1) is 0 Å². The van der Waals surface area contributed by atoms with Crippen molar-refractivity contribution in [2.75, 3.05) is 25.6 Å². The minimum atomic E-state index is -0.496. The van der Waals surface area contributed by atoms with Crippen molar-refractivity contribution in [2.24, 2.45) is 0 Å². The number of nitrogens with two attached hydrogens (primary N) is 1. The molecule has 0 amide bonds. The van der Waals surface area contributed by atoms with Crippen LogP contribution in [-0.2, 0) is 16.0 Å². The van der Waals surface area contributed by atoms with Crippen LogP contribution in [0.15, 0.2) is 12.2 Å². The summed E-state index contributed by atoms with van der Waals surface area (Å²) in [4.78, 5) is 15.8. The SMILES string of the molecule is C=C(C)COCCn1c(C)nc(C(=O)OCC)c1N. The summed E-state index contributed by atoms with van der Waals surface area (Å²) in [7, 11) is 0. The van der Waals surface area contributed by atoms with Gasteiger partial charge in [0.15, 0.2) is 5.69 Å². The Balaban J connectivity index is 2.69. The third-order valence-electron chi connectivity index (χ3n) is 2.47. The molecule has 6 nitrogen and oxygen atoms in total. The fraction of sp³-hybridized carbons (Fsp3) is 0.538. The molecule has 6 heteroatoms. The standard InChI is InChI=1S/C13H21N3O3/c1-5-19-13(17)11-12(14)16(10(4)15-11)6-7-18-8-9(2)3/h2,5-8,14H2,1,3-4H3. The average Bonchev–Trinajstić information content (AvgIpc) is 2.61. The van der Waals surface area contributed by atoms with Gasteiger partial charge in [-0.25, -0.2) is 9.78 Å². The fourth-order valence-corrected chi connectivity index (χ4v) is 1.62. The van der Waals surface area contributed by atoms with Crippen LogP contribution in [0.4, 0.5) is 5.82 Å². The first-order valence-electron chi connectivity index (χ1n) is 6.19. The molecule has 0 bridgehead atoms. The van der Waals surface area contributed by atoms with Gasteiger partial charge >= 0.3 is 5.97 Å². The summed E-state index contributed by atoms with van der Waals surface area (Å²) in [5.74, 6) is 0.485. The van der Waals surface area contributed by atoms with Gasteiger partial charge in [0.1, 0.15) is 11.6 Å². The molecule has 0 radical (unpaired) electrons. The quantitative estimate of drug-likeness (QED) is 0.460. The molecule has 1 aromatic rings. The first-order valence-corrected chi connectivity index (χ1v) is 6.19. The molecule has 0 aliphatic heterocycles. The summed E-state index contributed by atoms with van der Waals surface area (Å²) in [5.41, 5.74) is 7.03. The minimum Gasteiger partial charge on any atom is -0.461 e. The van der Waals surface area contributed by atoms with Gasteiger partial charge in [-0.05, 0) is 20.8 Å². The van der Waals surface area contributed by atoms with Crippen molar-refractivity contribution in [1.29, 1.82) is 0 Å². The molecule has 0 aromatic carbocycles. The number of ether oxygens (including phenoxy) is 2. The predicted molar refractivity (Wildman–Crippen MR) is 73.0 cm³/mol. The lowest BCUT2D eigenvalue weighted by molar-refractivity contribution is 0.0521. The monoisotopic (exact) mass is 267 g/mol. The molecule has 0 saturated carbocycles. The summed E-state index contributed by atoms with van der Waals surface area (Å²) in [6.45, 7) is 11.0. The van der Waals surface area contributed by atoms with Gasteiger partial charge in [0.05, 0.1) is 19.8 Å². The number of hydrogen-bond donors (Lipinski definition) is 1. The predicted octanol–water partition coefficient (Wildman–Crippen LogP) is 1.54. The number of nitrogens with zero attached hydrogens (tertiary/aromatic N) is 2. The fourth-order valence-electron chi connectivity index (χ4n) is 1.62. The summed E-state index contributed by atoms with van der Waals surface area (Å²) >= 11 is 0. The molecule has 0 saturated heterocycles. The van der Waals surface area contributed by atoms with Gasteiger partial charge in [0, 0.05) is 6.54 Å². The number of aryl methyl sites for hydroxylation is 1. The number of nitrogen functional groups attached to an aromatic ring is 1. The third-order valence-corrected chi connectivity index (χ3v) is 2.47. The molecule has 2 N–H and O–H groups in total. The van der Waals surface area contributed by atoms with E-state index in [4.69, 9.17) is 15.2 Å². The molecule has 0 atom stereocenters. The Bertz CT molecular complexity index is 466. The average molecular weight is 267 g/mol. The van der Waals surface area contributed by atoms with Crippen molar-refractivity contribution < 1.29 is 14.3 Å². The van der Waals surface area contributed by atoms with Crippen LogP contribution in [0, 0.1) is 6.92 Å². The Kier molecular flexibility index (Phi) is 5.57. The molecule has 0 aliphatic rings. The number of aromatic nitrogens is 2. The Morgan fingerprint density at radius 3 is 2.79 bits per heavy atom. The van der Waals surface area contributed by atoms with Crippen molar-refractivity contribution in [3.63, 3.8) is 0 Å². The van der Waals surface area contributed by atoms with Crippen molar-refractivity contribution in [3.05, 3.63) is 23.7 Å². The molecule has 0 fully saturated rings. The maximum atomic E-state index is 11.6. The van der Waals surface area contributed by atoms with Gasteiger partial charge in [0.2, 0.25) is 0 Å². The summed E-state index contributed by atoms with van der Waals surface area (Å²) in [5, 5.41) is 0. The minimum absolute atomic E-state index is 0.166. The molecule has 1 aromatic heterocycles. The molecule has 1 heterocycles. The zero-order valence-corrected chi connectivity index (χ0v) is 11.7. The van der Waals surface area contributed by atoms with E-state index >= 15 is 0 Å². The zero-order chi connectivity index (χ0) is 14.4. The molecule has 0 aliphatic carbocycles. The summed E-state index contributed by atoms with van der Waals surface area (Å²) in [6, 6.07) is 0. The Hall–Kier alpha value is -1.82. The topological polar surface area (TPSA) is 79.4 Å². The van der Waals surface area contributed by atoms with Gasteiger partial charge in [0.25, 0.3) is 0 Å². The van der Waals surface area contributed by atoms with Crippen molar-refractivity contribution in [3.8, 4) is 0 Å². The van der Waals surface area contributed by atoms with Gasteiger partial charge < -0.3 is 19.8 Å². The number of imidazole rings is 1. The van der Waals surface area contributed by atoms with E-state index in [1.165, 1.54) is 0 Å². The second-order valence-corrected chi connectivity index (χ2v) is 4.27. The lowest BCUT2D eigenvalue weighted by Crippen LogP contribution is -2.13. The van der Waals surface area contributed by atoms with Crippen LogP contribution in [0.5, 0.6) is 0 Å². The lowest BCUT2D eigenvalue weighted by Gasteiger charge is -2.08. The van der Waals surface area contributed by atoms with E-state index in [2.05, 4.69) is 11.6 Å². The molecular formula is C13H21N3O3. The van der Waals surface area contributed by atoms with Gasteiger partial charge in [-0.3, -0.25) is 0 Å². The van der Waals surface area contributed by atoms with Gasteiger partial charge in [-0.1, -0.05) is 12.2 Å². The lowest BCUT2D eigenvalue weighted by atomic mass is 10.4. The number of anilines is 1. The molecule has 0 spiro atoms. The number of esters is 1. The van der Waals surface area contributed by atoms with Crippen molar-refractivity contribution in [1.82, 2.24) is 9.55 Å². The van der Waals surface area contributed by atoms with Crippen LogP contribution >= 0.6 is 0 Å². The van der Waals surface area contributed by atoms with Crippen LogP contribution < -0.4 is 5.73 Å². The van der Waals surface area contributed by atoms with E-state index in [-0.39, 0.29) is 5.69 Å². The number of rotatable bonds is 7. The van der Waals surface area contributed by atoms with E-state index < -0.39 is 5.97 Å². The summed E-state index contributed by atoms with van der Waals surface area (Å²) < 4.78 is 12.0. The second kappa shape index (κ2) is 6.94. The molecule has 106 valence electrons. The zero-order valence-electron chi connectivity index (χ0n) is 11.7. The first kappa shape index (κ1) is 15.2. The second-order valence-electron chi connectivity index (χ2n) is 4.27. The maximum Gasteiger partial charge on any atom is 0.360 e.